The maximum atomic E-state index is 12.9. The Morgan fingerprint density at radius 3 is 2.39 bits per heavy atom. The van der Waals surface area contributed by atoms with Gasteiger partial charge in [-0.15, -0.1) is 0 Å². The minimum atomic E-state index is -0.176. The summed E-state index contributed by atoms with van der Waals surface area (Å²) in [6.07, 6.45) is 1.69. The van der Waals surface area contributed by atoms with Gasteiger partial charge in [-0.1, -0.05) is 36.4 Å². The molecule has 0 saturated heterocycles. The van der Waals surface area contributed by atoms with Crippen molar-refractivity contribution < 1.29 is 14.3 Å². The van der Waals surface area contributed by atoms with Crippen molar-refractivity contribution in [1.82, 2.24) is 9.97 Å². The van der Waals surface area contributed by atoms with Crippen LogP contribution in [0.15, 0.2) is 97.2 Å². The summed E-state index contributed by atoms with van der Waals surface area (Å²) < 4.78 is 10.7. The molecule has 7 heteroatoms. The summed E-state index contributed by atoms with van der Waals surface area (Å²) in [7, 11) is 3.20. The fraction of sp³-hybridized carbons (Fsp3) is 0.0690. The van der Waals surface area contributed by atoms with Crippen molar-refractivity contribution in [1.29, 1.82) is 0 Å². The van der Waals surface area contributed by atoms with E-state index in [9.17, 15) is 4.79 Å². The summed E-state index contributed by atoms with van der Waals surface area (Å²) in [6.45, 7) is 0. The SMILES string of the molecule is COc1ccc(-c2ccnc(Nc3cccc(NC(=O)c4ccc5ccccc5c4)c3)n2)cc1OC. The predicted molar refractivity (Wildman–Crippen MR) is 142 cm³/mol. The third kappa shape index (κ3) is 4.95. The number of methoxy groups -OCH3 is 2. The van der Waals surface area contributed by atoms with Gasteiger partial charge < -0.3 is 20.1 Å². The molecule has 0 aliphatic carbocycles. The molecular weight excluding hydrogens is 452 g/mol. The molecular formula is C29H24N4O3. The average molecular weight is 477 g/mol. The first-order chi connectivity index (χ1) is 17.6. The summed E-state index contributed by atoms with van der Waals surface area (Å²) in [5.41, 5.74) is 3.60. The lowest BCUT2D eigenvalue weighted by Crippen LogP contribution is -2.11. The minimum Gasteiger partial charge on any atom is -0.493 e. The molecule has 1 heterocycles. The largest absolute Gasteiger partial charge is 0.493 e. The van der Waals surface area contributed by atoms with Crippen molar-refractivity contribution in [2.75, 3.05) is 24.9 Å². The van der Waals surface area contributed by atoms with Crippen LogP contribution in [-0.4, -0.2) is 30.1 Å². The Balaban J connectivity index is 1.33. The summed E-state index contributed by atoms with van der Waals surface area (Å²) in [5, 5.41) is 8.29. The number of hydrogen-bond acceptors (Lipinski definition) is 6. The molecule has 1 amide bonds. The van der Waals surface area contributed by atoms with Crippen LogP contribution in [0, 0.1) is 0 Å². The Kier molecular flexibility index (Phi) is 6.44. The van der Waals surface area contributed by atoms with Crippen molar-refractivity contribution in [3.8, 4) is 22.8 Å². The van der Waals surface area contributed by atoms with Crippen LogP contribution in [0.1, 0.15) is 10.4 Å². The van der Waals surface area contributed by atoms with Gasteiger partial charge in [-0.2, -0.15) is 0 Å². The van der Waals surface area contributed by atoms with E-state index in [1.165, 1.54) is 0 Å². The zero-order valence-electron chi connectivity index (χ0n) is 19.9. The van der Waals surface area contributed by atoms with E-state index < -0.39 is 0 Å². The smallest absolute Gasteiger partial charge is 0.255 e. The number of rotatable bonds is 7. The molecule has 0 aliphatic rings. The molecule has 2 N–H and O–H groups in total. The second-order valence-corrected chi connectivity index (χ2v) is 8.06. The number of nitrogens with zero attached hydrogens (tertiary/aromatic N) is 2. The molecule has 178 valence electrons. The Hall–Kier alpha value is -4.91. The first-order valence-corrected chi connectivity index (χ1v) is 11.4. The first-order valence-electron chi connectivity index (χ1n) is 11.4. The van der Waals surface area contributed by atoms with Crippen LogP contribution in [0.2, 0.25) is 0 Å². The summed E-state index contributed by atoms with van der Waals surface area (Å²) in [6, 6.07) is 28.5. The van der Waals surface area contributed by atoms with Crippen LogP contribution in [0.3, 0.4) is 0 Å². The molecule has 0 saturated carbocycles. The molecule has 36 heavy (non-hydrogen) atoms. The molecule has 1 aromatic heterocycles. The van der Waals surface area contributed by atoms with Crippen LogP contribution in [0.5, 0.6) is 11.5 Å². The average Bonchev–Trinajstić information content (AvgIpc) is 2.92. The van der Waals surface area contributed by atoms with Crippen LogP contribution < -0.4 is 20.1 Å². The van der Waals surface area contributed by atoms with Crippen molar-refractivity contribution in [3.63, 3.8) is 0 Å². The van der Waals surface area contributed by atoms with E-state index in [0.717, 1.165) is 27.7 Å². The van der Waals surface area contributed by atoms with Gasteiger partial charge in [-0.3, -0.25) is 4.79 Å². The van der Waals surface area contributed by atoms with E-state index in [-0.39, 0.29) is 5.91 Å². The lowest BCUT2D eigenvalue weighted by Gasteiger charge is -2.11. The predicted octanol–water partition coefficient (Wildman–Crippen LogP) is 6.31. The number of benzene rings is 4. The van der Waals surface area contributed by atoms with Gasteiger partial charge in [-0.05, 0) is 65.4 Å². The molecule has 0 bridgehead atoms. The van der Waals surface area contributed by atoms with E-state index in [1.807, 2.05) is 91.0 Å². The summed E-state index contributed by atoms with van der Waals surface area (Å²) >= 11 is 0. The number of carbonyl (C=O) groups is 1. The third-order valence-electron chi connectivity index (χ3n) is 5.72. The number of hydrogen-bond donors (Lipinski definition) is 2. The maximum absolute atomic E-state index is 12.9. The lowest BCUT2D eigenvalue weighted by atomic mass is 10.1. The van der Waals surface area contributed by atoms with E-state index in [1.54, 1.807) is 20.4 Å². The highest BCUT2D eigenvalue weighted by Crippen LogP contribution is 2.32. The second-order valence-electron chi connectivity index (χ2n) is 8.06. The van der Waals surface area contributed by atoms with Crippen LogP contribution >= 0.6 is 0 Å². The highest BCUT2D eigenvalue weighted by Gasteiger charge is 2.10. The van der Waals surface area contributed by atoms with E-state index in [2.05, 4.69) is 20.6 Å². The number of aromatic nitrogens is 2. The Bertz CT molecular complexity index is 1550. The van der Waals surface area contributed by atoms with E-state index in [4.69, 9.17) is 9.47 Å². The van der Waals surface area contributed by atoms with E-state index >= 15 is 0 Å². The van der Waals surface area contributed by atoms with Crippen molar-refractivity contribution in [2.45, 2.75) is 0 Å². The fourth-order valence-electron chi connectivity index (χ4n) is 3.91. The quantitative estimate of drug-likeness (QED) is 0.286. The summed E-state index contributed by atoms with van der Waals surface area (Å²) in [4.78, 5) is 21.8. The normalized spacial score (nSPS) is 10.6. The fourth-order valence-corrected chi connectivity index (χ4v) is 3.91. The molecule has 5 aromatic rings. The number of fused-ring (bicyclic) bond motifs is 1. The Labute approximate surface area is 208 Å². The zero-order valence-corrected chi connectivity index (χ0v) is 19.9. The highest BCUT2D eigenvalue weighted by molar-refractivity contribution is 6.06. The molecule has 7 nitrogen and oxygen atoms in total. The zero-order chi connectivity index (χ0) is 24.9. The van der Waals surface area contributed by atoms with Crippen LogP contribution in [0.25, 0.3) is 22.0 Å². The number of anilines is 3. The van der Waals surface area contributed by atoms with Gasteiger partial charge in [0.15, 0.2) is 11.5 Å². The number of ether oxygens (including phenoxy) is 2. The highest BCUT2D eigenvalue weighted by atomic mass is 16.5. The number of carbonyl (C=O) groups excluding carboxylic acids is 1. The third-order valence-corrected chi connectivity index (χ3v) is 5.72. The first kappa shape index (κ1) is 22.9. The molecule has 4 aromatic carbocycles. The second kappa shape index (κ2) is 10.1. The summed E-state index contributed by atoms with van der Waals surface area (Å²) in [5.74, 6) is 1.53. The lowest BCUT2D eigenvalue weighted by molar-refractivity contribution is 0.102. The van der Waals surface area contributed by atoms with Gasteiger partial charge in [0.05, 0.1) is 19.9 Å². The van der Waals surface area contributed by atoms with Gasteiger partial charge in [0.25, 0.3) is 5.91 Å². The van der Waals surface area contributed by atoms with Gasteiger partial charge in [-0.25, -0.2) is 9.97 Å². The molecule has 0 radical (unpaired) electrons. The molecule has 0 unspecified atom stereocenters. The minimum absolute atomic E-state index is 0.176. The Morgan fingerprint density at radius 2 is 1.56 bits per heavy atom. The van der Waals surface area contributed by atoms with Crippen LogP contribution in [0.4, 0.5) is 17.3 Å². The molecule has 0 fully saturated rings. The van der Waals surface area contributed by atoms with Gasteiger partial charge in [0.2, 0.25) is 5.95 Å². The monoisotopic (exact) mass is 476 g/mol. The van der Waals surface area contributed by atoms with Gasteiger partial charge in [0.1, 0.15) is 0 Å². The van der Waals surface area contributed by atoms with Crippen molar-refractivity contribution >= 4 is 34.0 Å². The van der Waals surface area contributed by atoms with E-state index in [0.29, 0.717) is 28.7 Å². The number of nitrogens with one attached hydrogen (secondary N) is 2. The van der Waals surface area contributed by atoms with Crippen molar-refractivity contribution in [3.05, 3.63) is 103 Å². The molecule has 0 atom stereocenters. The standard InChI is InChI=1S/C29H24N4O3/c1-35-26-13-12-21(17-27(26)36-2)25-14-15-30-29(33-25)32-24-9-5-8-23(18-24)31-28(34)22-11-10-19-6-3-4-7-20(19)16-22/h3-18H,1-2H3,(H,31,34)(H,30,32,33). The van der Waals surface area contributed by atoms with Crippen LogP contribution in [-0.2, 0) is 0 Å². The topological polar surface area (TPSA) is 85.4 Å². The Morgan fingerprint density at radius 1 is 0.750 bits per heavy atom. The maximum Gasteiger partial charge on any atom is 0.255 e. The number of amides is 1. The van der Waals surface area contributed by atoms with Crippen molar-refractivity contribution in [2.24, 2.45) is 0 Å². The molecule has 0 aliphatic heterocycles. The molecule has 5 rings (SSSR count). The van der Waals surface area contributed by atoms with Gasteiger partial charge in [0, 0.05) is 28.7 Å². The van der Waals surface area contributed by atoms with Gasteiger partial charge >= 0.3 is 0 Å². The molecule has 0 spiro atoms.